The highest BCUT2D eigenvalue weighted by molar-refractivity contribution is 5.92. The van der Waals surface area contributed by atoms with Crippen LogP contribution >= 0.6 is 0 Å². The maximum Gasteiger partial charge on any atom is 0.418 e. The van der Waals surface area contributed by atoms with Crippen LogP contribution in [-0.2, 0) is 21.9 Å². The van der Waals surface area contributed by atoms with Crippen LogP contribution in [-0.4, -0.2) is 62.5 Å². The number of aliphatic carboxylic acids is 1. The number of nitrogens with zero attached hydrogens (tertiary/aromatic N) is 3. The smallest absolute Gasteiger partial charge is 0.418 e. The lowest BCUT2D eigenvalue weighted by Gasteiger charge is -2.39. The van der Waals surface area contributed by atoms with Gasteiger partial charge in [0.05, 0.1) is 40.2 Å². The van der Waals surface area contributed by atoms with E-state index in [0.29, 0.717) is 11.4 Å². The fraction of sp³-hybridized carbons (Fsp3) is 0.500. The summed E-state index contributed by atoms with van der Waals surface area (Å²) in [6, 6.07) is 7.13. The summed E-state index contributed by atoms with van der Waals surface area (Å²) in [4.78, 5) is 28.9. The van der Waals surface area contributed by atoms with Gasteiger partial charge < -0.3 is 24.5 Å². The summed E-state index contributed by atoms with van der Waals surface area (Å²) in [6.45, 7) is 4.44. The molecule has 1 amide bonds. The minimum atomic E-state index is -4.78. The number of rotatable bonds is 6. The molecule has 8 nitrogen and oxygen atoms in total. The number of carbonyl (C=O) groups is 2. The van der Waals surface area contributed by atoms with Crippen molar-refractivity contribution in [3.63, 3.8) is 0 Å². The molecule has 2 N–H and O–H groups in total. The lowest BCUT2D eigenvalue weighted by molar-refractivity contribution is -0.142. The predicted octanol–water partition coefficient (Wildman–Crippen LogP) is 6.31. The number of piperazine rings is 1. The van der Waals surface area contributed by atoms with Crippen LogP contribution in [0.4, 0.5) is 53.9 Å². The monoisotopic (exact) mass is 602 g/mol. The number of amides is 1. The van der Waals surface area contributed by atoms with Gasteiger partial charge in [-0.25, -0.2) is 4.79 Å². The van der Waals surface area contributed by atoms with E-state index < -0.39 is 47.6 Å². The third-order valence-electron chi connectivity index (χ3n) is 7.34. The summed E-state index contributed by atoms with van der Waals surface area (Å²) in [6.07, 6.45) is -10.4. The van der Waals surface area contributed by atoms with Crippen LogP contribution in [0.1, 0.15) is 37.8 Å². The highest BCUT2D eigenvalue weighted by Crippen LogP contribution is 2.44. The quantitative estimate of drug-likeness (QED) is 0.375. The minimum absolute atomic E-state index is 0.102. The number of carboxylic acids is 1. The number of hydrogen-bond donors (Lipinski definition) is 2. The second-order valence-corrected chi connectivity index (χ2v) is 10.6. The standard InChI is InChI=1S/C28H32F6N4O4/c1-17(2)42-26(41)35-22-15-21(28(32,33)34)23(37-8-6-18(7-9-37)25(39)40)16-24(22)38-12-10-36(11-13-38)20-5-3-4-19(14-20)27(29,30)31/h3-5,14-18H,6-13H2,1-2H3,(H,35,41)(H,39,40). The Kier molecular flexibility index (Phi) is 9.02. The van der Waals surface area contributed by atoms with E-state index in [1.165, 1.54) is 17.0 Å². The first kappa shape index (κ1) is 31.1. The molecule has 4 rings (SSSR count). The molecule has 0 saturated carbocycles. The van der Waals surface area contributed by atoms with Crippen LogP contribution in [0.5, 0.6) is 0 Å². The molecule has 0 atom stereocenters. The van der Waals surface area contributed by atoms with Crippen LogP contribution in [0, 0.1) is 5.92 Å². The van der Waals surface area contributed by atoms with Gasteiger partial charge in [-0.2, -0.15) is 26.3 Å². The van der Waals surface area contributed by atoms with Crippen LogP contribution in [0.25, 0.3) is 0 Å². The summed E-state index contributed by atoms with van der Waals surface area (Å²) in [5, 5.41) is 11.8. The molecular weight excluding hydrogens is 570 g/mol. The molecule has 230 valence electrons. The molecule has 0 aromatic heterocycles. The van der Waals surface area contributed by atoms with Crippen molar-refractivity contribution in [2.45, 2.75) is 45.1 Å². The molecule has 2 saturated heterocycles. The number of hydrogen-bond acceptors (Lipinski definition) is 6. The molecule has 0 radical (unpaired) electrons. The van der Waals surface area contributed by atoms with Gasteiger partial charge in [0.15, 0.2) is 0 Å². The fourth-order valence-corrected chi connectivity index (χ4v) is 5.23. The molecule has 2 aromatic carbocycles. The zero-order valence-corrected chi connectivity index (χ0v) is 23.1. The highest BCUT2D eigenvalue weighted by Gasteiger charge is 2.38. The zero-order chi connectivity index (χ0) is 30.8. The first-order valence-corrected chi connectivity index (χ1v) is 13.5. The van der Waals surface area contributed by atoms with Crippen molar-refractivity contribution in [2.24, 2.45) is 5.92 Å². The zero-order valence-electron chi connectivity index (χ0n) is 23.1. The number of carbonyl (C=O) groups excluding carboxylic acids is 1. The summed E-state index contributed by atoms with van der Waals surface area (Å²) in [5.41, 5.74) is -1.35. The molecule has 0 aliphatic carbocycles. The van der Waals surface area contributed by atoms with Crippen LogP contribution in [0.2, 0.25) is 0 Å². The third kappa shape index (κ3) is 7.32. The van der Waals surface area contributed by atoms with Crippen molar-refractivity contribution in [2.75, 3.05) is 59.3 Å². The fourth-order valence-electron chi connectivity index (χ4n) is 5.23. The lowest BCUT2D eigenvalue weighted by atomic mass is 9.95. The van der Waals surface area contributed by atoms with E-state index in [1.54, 1.807) is 29.7 Å². The van der Waals surface area contributed by atoms with Gasteiger partial charge in [-0.3, -0.25) is 10.1 Å². The van der Waals surface area contributed by atoms with Crippen molar-refractivity contribution >= 4 is 34.8 Å². The molecular formula is C28H32F6N4O4. The Morgan fingerprint density at radius 1 is 0.857 bits per heavy atom. The number of halogens is 6. The van der Waals surface area contributed by atoms with Gasteiger partial charge in [-0.15, -0.1) is 0 Å². The van der Waals surface area contributed by atoms with Gasteiger partial charge in [0.2, 0.25) is 0 Å². The molecule has 0 unspecified atom stereocenters. The molecule has 2 fully saturated rings. The minimum Gasteiger partial charge on any atom is -0.481 e. The summed E-state index contributed by atoms with van der Waals surface area (Å²) < 4.78 is 87.7. The van der Waals surface area contributed by atoms with E-state index in [-0.39, 0.29) is 63.5 Å². The van der Waals surface area contributed by atoms with E-state index in [1.807, 2.05) is 0 Å². The molecule has 2 aromatic rings. The Hall–Kier alpha value is -3.84. The van der Waals surface area contributed by atoms with Gasteiger partial charge in [-0.05, 0) is 57.0 Å². The van der Waals surface area contributed by atoms with Gasteiger partial charge in [0.25, 0.3) is 0 Å². The van der Waals surface area contributed by atoms with Crippen LogP contribution in [0.15, 0.2) is 36.4 Å². The SMILES string of the molecule is CC(C)OC(=O)Nc1cc(C(F)(F)F)c(N2CCC(C(=O)O)CC2)cc1N1CCN(c2cccc(C(F)(F)F)c2)CC1. The van der Waals surface area contributed by atoms with E-state index in [9.17, 15) is 41.0 Å². The van der Waals surface area contributed by atoms with E-state index >= 15 is 0 Å². The van der Waals surface area contributed by atoms with E-state index in [2.05, 4.69) is 5.32 Å². The van der Waals surface area contributed by atoms with Gasteiger partial charge in [0, 0.05) is 45.0 Å². The first-order chi connectivity index (χ1) is 19.6. The van der Waals surface area contributed by atoms with E-state index in [4.69, 9.17) is 4.74 Å². The summed E-state index contributed by atoms with van der Waals surface area (Å²) in [7, 11) is 0. The van der Waals surface area contributed by atoms with Crippen molar-refractivity contribution in [3.05, 3.63) is 47.5 Å². The molecule has 2 aliphatic rings. The van der Waals surface area contributed by atoms with Crippen LogP contribution in [0.3, 0.4) is 0 Å². The van der Waals surface area contributed by atoms with Crippen molar-refractivity contribution in [1.29, 1.82) is 0 Å². The molecule has 14 heteroatoms. The second kappa shape index (κ2) is 12.2. The normalized spacial score (nSPS) is 17.0. The number of nitrogens with one attached hydrogen (secondary N) is 1. The summed E-state index contributed by atoms with van der Waals surface area (Å²) in [5.74, 6) is -1.64. The Bertz CT molecular complexity index is 1280. The highest BCUT2D eigenvalue weighted by atomic mass is 19.4. The van der Waals surface area contributed by atoms with Crippen molar-refractivity contribution < 1.29 is 45.8 Å². The number of carboxylic acid groups (broad SMARTS) is 1. The molecule has 0 spiro atoms. The average Bonchev–Trinajstić information content (AvgIpc) is 2.91. The molecule has 2 aliphatic heterocycles. The van der Waals surface area contributed by atoms with Crippen molar-refractivity contribution in [1.82, 2.24) is 0 Å². The number of piperidine rings is 1. The van der Waals surface area contributed by atoms with Gasteiger partial charge in [0.1, 0.15) is 0 Å². The van der Waals surface area contributed by atoms with Crippen molar-refractivity contribution in [3.8, 4) is 0 Å². The Morgan fingerprint density at radius 3 is 2.00 bits per heavy atom. The maximum absolute atomic E-state index is 14.3. The number of benzene rings is 2. The number of anilines is 4. The molecule has 2 heterocycles. The topological polar surface area (TPSA) is 85.3 Å². The second-order valence-electron chi connectivity index (χ2n) is 10.6. The number of alkyl halides is 6. The predicted molar refractivity (Wildman–Crippen MR) is 145 cm³/mol. The maximum atomic E-state index is 14.3. The Morgan fingerprint density at radius 2 is 1.45 bits per heavy atom. The van der Waals surface area contributed by atoms with Gasteiger partial charge >= 0.3 is 24.4 Å². The van der Waals surface area contributed by atoms with E-state index in [0.717, 1.165) is 18.2 Å². The van der Waals surface area contributed by atoms with Gasteiger partial charge in [-0.1, -0.05) is 6.07 Å². The Labute approximate surface area is 238 Å². The molecule has 42 heavy (non-hydrogen) atoms. The number of ether oxygens (including phenoxy) is 1. The lowest BCUT2D eigenvalue weighted by Crippen LogP contribution is -2.47. The Balaban J connectivity index is 1.66. The summed E-state index contributed by atoms with van der Waals surface area (Å²) >= 11 is 0. The largest absolute Gasteiger partial charge is 0.481 e. The molecule has 0 bridgehead atoms. The third-order valence-corrected chi connectivity index (χ3v) is 7.34. The first-order valence-electron chi connectivity index (χ1n) is 13.5. The van der Waals surface area contributed by atoms with Crippen LogP contribution < -0.4 is 20.0 Å². The average molecular weight is 603 g/mol.